The van der Waals surface area contributed by atoms with E-state index in [-0.39, 0.29) is 12.0 Å². The van der Waals surface area contributed by atoms with Crippen LogP contribution in [0.1, 0.15) is 48.6 Å². The summed E-state index contributed by atoms with van der Waals surface area (Å²) < 4.78 is 5.56. The van der Waals surface area contributed by atoms with Gasteiger partial charge in [0.2, 0.25) is 5.91 Å². The highest BCUT2D eigenvalue weighted by Gasteiger charge is 2.18. The van der Waals surface area contributed by atoms with Gasteiger partial charge in [0.05, 0.1) is 11.8 Å². The van der Waals surface area contributed by atoms with E-state index < -0.39 is 6.10 Å². The van der Waals surface area contributed by atoms with Gasteiger partial charge in [-0.05, 0) is 55.5 Å². The van der Waals surface area contributed by atoms with Gasteiger partial charge in [-0.2, -0.15) is 0 Å². The number of aliphatic hydroxyl groups excluding tert-OH is 1. The summed E-state index contributed by atoms with van der Waals surface area (Å²) >= 11 is 0. The van der Waals surface area contributed by atoms with Crippen molar-refractivity contribution in [2.45, 2.75) is 44.8 Å². The van der Waals surface area contributed by atoms with E-state index in [1.807, 2.05) is 37.3 Å². The molecule has 0 spiro atoms. The number of carbonyl (C=O) groups is 1. The number of carbonyl (C=O) groups excluding carboxylic acids is 1. The standard InChI is InChI=1S/C20H24N2O3/c1-14-7-8-15(20(24)17-6-2-3-11-21-17)13-18(14)22-19(23)10-9-16-5-4-12-25-16/h2-3,6-8,11,13,16,20,24H,4-5,9-10,12H2,1H3,(H,22,23)/t16-,20+/m1/s1. The third-order valence-electron chi connectivity index (χ3n) is 4.54. The van der Waals surface area contributed by atoms with Gasteiger partial charge in [0.25, 0.3) is 0 Å². The van der Waals surface area contributed by atoms with Crippen LogP contribution < -0.4 is 5.32 Å². The van der Waals surface area contributed by atoms with Crippen LogP contribution in [-0.4, -0.2) is 28.7 Å². The SMILES string of the molecule is Cc1ccc([C@H](O)c2ccccn2)cc1NC(=O)CC[C@H]1CCCO1. The normalized spacial score (nSPS) is 18.1. The Morgan fingerprint density at radius 2 is 2.28 bits per heavy atom. The molecule has 1 amide bonds. The van der Waals surface area contributed by atoms with Crippen molar-refractivity contribution in [3.63, 3.8) is 0 Å². The summed E-state index contributed by atoms with van der Waals surface area (Å²) in [7, 11) is 0. The minimum absolute atomic E-state index is 0.0249. The van der Waals surface area contributed by atoms with E-state index in [2.05, 4.69) is 10.3 Å². The zero-order valence-corrected chi connectivity index (χ0v) is 14.4. The number of aromatic nitrogens is 1. The second-order valence-corrected chi connectivity index (χ2v) is 6.45. The number of pyridine rings is 1. The molecule has 1 aliphatic heterocycles. The molecule has 2 atom stereocenters. The largest absolute Gasteiger partial charge is 0.382 e. The number of aryl methyl sites for hydroxylation is 1. The number of nitrogens with zero attached hydrogens (tertiary/aromatic N) is 1. The predicted molar refractivity (Wildman–Crippen MR) is 96.3 cm³/mol. The van der Waals surface area contributed by atoms with Crippen LogP contribution in [0.25, 0.3) is 0 Å². The van der Waals surface area contributed by atoms with Crippen LogP contribution in [-0.2, 0) is 9.53 Å². The van der Waals surface area contributed by atoms with E-state index >= 15 is 0 Å². The number of amides is 1. The summed E-state index contributed by atoms with van der Waals surface area (Å²) in [6, 6.07) is 11.0. The van der Waals surface area contributed by atoms with Crippen molar-refractivity contribution in [2.75, 3.05) is 11.9 Å². The first-order valence-corrected chi connectivity index (χ1v) is 8.74. The minimum Gasteiger partial charge on any atom is -0.382 e. The number of anilines is 1. The van der Waals surface area contributed by atoms with E-state index in [1.54, 1.807) is 12.3 Å². The van der Waals surface area contributed by atoms with Crippen LogP contribution in [0.4, 0.5) is 5.69 Å². The summed E-state index contributed by atoms with van der Waals surface area (Å²) in [4.78, 5) is 16.4. The smallest absolute Gasteiger partial charge is 0.224 e. The van der Waals surface area contributed by atoms with Crippen molar-refractivity contribution in [1.29, 1.82) is 0 Å². The molecule has 0 unspecified atom stereocenters. The maximum absolute atomic E-state index is 12.2. The second kappa shape index (κ2) is 8.23. The van der Waals surface area contributed by atoms with Crippen LogP contribution in [0.3, 0.4) is 0 Å². The number of hydrogen-bond donors (Lipinski definition) is 2. The number of ether oxygens (including phenoxy) is 1. The highest BCUT2D eigenvalue weighted by molar-refractivity contribution is 5.91. The Labute approximate surface area is 148 Å². The predicted octanol–water partition coefficient (Wildman–Crippen LogP) is 3.37. The molecule has 2 heterocycles. The maximum Gasteiger partial charge on any atom is 0.224 e. The van der Waals surface area contributed by atoms with Crippen LogP contribution >= 0.6 is 0 Å². The molecule has 1 aromatic heterocycles. The number of hydrogen-bond acceptors (Lipinski definition) is 4. The van der Waals surface area contributed by atoms with E-state index in [0.717, 1.165) is 37.1 Å². The monoisotopic (exact) mass is 340 g/mol. The Bertz CT molecular complexity index is 712. The molecule has 0 aliphatic carbocycles. The molecule has 5 heteroatoms. The number of aliphatic hydroxyl groups is 1. The van der Waals surface area contributed by atoms with Crippen LogP contribution in [0.2, 0.25) is 0 Å². The Kier molecular flexibility index (Phi) is 5.79. The first-order chi connectivity index (χ1) is 12.1. The van der Waals surface area contributed by atoms with Crippen molar-refractivity contribution >= 4 is 11.6 Å². The lowest BCUT2D eigenvalue weighted by molar-refractivity contribution is -0.116. The van der Waals surface area contributed by atoms with Crippen molar-refractivity contribution in [3.8, 4) is 0 Å². The van der Waals surface area contributed by atoms with Gasteiger partial charge in [0, 0.05) is 24.9 Å². The van der Waals surface area contributed by atoms with Gasteiger partial charge >= 0.3 is 0 Å². The van der Waals surface area contributed by atoms with E-state index in [9.17, 15) is 9.90 Å². The fourth-order valence-electron chi connectivity index (χ4n) is 3.03. The van der Waals surface area contributed by atoms with Gasteiger partial charge in [-0.1, -0.05) is 18.2 Å². The van der Waals surface area contributed by atoms with Crippen molar-refractivity contribution in [2.24, 2.45) is 0 Å². The first kappa shape index (κ1) is 17.6. The Balaban J connectivity index is 1.65. The topological polar surface area (TPSA) is 71.5 Å². The lowest BCUT2D eigenvalue weighted by Crippen LogP contribution is -2.16. The molecule has 2 N–H and O–H groups in total. The molecule has 1 aromatic carbocycles. The number of nitrogens with one attached hydrogen (secondary N) is 1. The van der Waals surface area contributed by atoms with Gasteiger partial charge in [-0.15, -0.1) is 0 Å². The molecule has 1 aliphatic rings. The van der Waals surface area contributed by atoms with Gasteiger partial charge in [-0.3, -0.25) is 9.78 Å². The van der Waals surface area contributed by atoms with Crippen molar-refractivity contribution in [3.05, 3.63) is 59.4 Å². The Hall–Kier alpha value is -2.24. The highest BCUT2D eigenvalue weighted by atomic mass is 16.5. The minimum atomic E-state index is -0.815. The average molecular weight is 340 g/mol. The molecule has 0 bridgehead atoms. The molecule has 1 saturated heterocycles. The van der Waals surface area contributed by atoms with Crippen molar-refractivity contribution in [1.82, 2.24) is 4.98 Å². The summed E-state index contributed by atoms with van der Waals surface area (Å²) in [5.74, 6) is -0.0249. The molecule has 25 heavy (non-hydrogen) atoms. The molecular weight excluding hydrogens is 316 g/mol. The van der Waals surface area contributed by atoms with Crippen LogP contribution in [0.5, 0.6) is 0 Å². The summed E-state index contributed by atoms with van der Waals surface area (Å²) in [5, 5.41) is 13.5. The average Bonchev–Trinajstić information content (AvgIpc) is 3.15. The van der Waals surface area contributed by atoms with Crippen molar-refractivity contribution < 1.29 is 14.6 Å². The zero-order chi connectivity index (χ0) is 17.6. The highest BCUT2D eigenvalue weighted by Crippen LogP contribution is 2.25. The molecule has 3 rings (SSSR count). The lowest BCUT2D eigenvalue weighted by atomic mass is 10.0. The molecule has 1 fully saturated rings. The number of rotatable bonds is 6. The molecule has 2 aromatic rings. The third-order valence-corrected chi connectivity index (χ3v) is 4.54. The van der Waals surface area contributed by atoms with E-state index in [0.29, 0.717) is 17.7 Å². The quantitative estimate of drug-likeness (QED) is 0.846. The number of benzene rings is 1. The summed E-state index contributed by atoms with van der Waals surface area (Å²) in [6.45, 7) is 2.74. The summed E-state index contributed by atoms with van der Waals surface area (Å²) in [6.07, 6.45) is 4.36. The van der Waals surface area contributed by atoms with Gasteiger partial charge < -0.3 is 15.2 Å². The summed E-state index contributed by atoms with van der Waals surface area (Å²) in [5.41, 5.74) is 2.98. The second-order valence-electron chi connectivity index (χ2n) is 6.45. The molecule has 5 nitrogen and oxygen atoms in total. The third kappa shape index (κ3) is 4.65. The van der Waals surface area contributed by atoms with Crippen LogP contribution in [0.15, 0.2) is 42.6 Å². The lowest BCUT2D eigenvalue weighted by Gasteiger charge is -2.15. The molecule has 0 saturated carbocycles. The fourth-order valence-corrected chi connectivity index (χ4v) is 3.03. The fraction of sp³-hybridized carbons (Fsp3) is 0.400. The Morgan fingerprint density at radius 3 is 3.00 bits per heavy atom. The first-order valence-electron chi connectivity index (χ1n) is 8.74. The van der Waals surface area contributed by atoms with Gasteiger partial charge in [-0.25, -0.2) is 0 Å². The van der Waals surface area contributed by atoms with Crippen LogP contribution in [0, 0.1) is 6.92 Å². The zero-order valence-electron chi connectivity index (χ0n) is 14.4. The van der Waals surface area contributed by atoms with E-state index in [1.165, 1.54) is 0 Å². The molecule has 132 valence electrons. The van der Waals surface area contributed by atoms with Gasteiger partial charge in [0.1, 0.15) is 6.10 Å². The molecular formula is C20H24N2O3. The van der Waals surface area contributed by atoms with Gasteiger partial charge in [0.15, 0.2) is 0 Å². The van der Waals surface area contributed by atoms with E-state index in [4.69, 9.17) is 4.74 Å². The maximum atomic E-state index is 12.2. The molecule has 0 radical (unpaired) electrons. The Morgan fingerprint density at radius 1 is 1.40 bits per heavy atom.